The summed E-state index contributed by atoms with van der Waals surface area (Å²) < 4.78 is 5.30. The summed E-state index contributed by atoms with van der Waals surface area (Å²) in [7, 11) is 1.55. The normalized spacial score (nSPS) is 11.7. The molecule has 2 rings (SSSR count). The number of methoxy groups -OCH3 is 1. The summed E-state index contributed by atoms with van der Waals surface area (Å²) in [4.78, 5) is 23.7. The van der Waals surface area contributed by atoms with E-state index in [9.17, 15) is 9.59 Å². The number of nitrogens with one attached hydrogen (secondary N) is 2. The maximum absolute atomic E-state index is 11.8. The Bertz CT molecular complexity index is 646. The van der Waals surface area contributed by atoms with Crippen molar-refractivity contribution in [2.45, 2.75) is 6.10 Å². The number of thiophene rings is 1. The molecule has 0 unspecified atom stereocenters. The maximum atomic E-state index is 11.8. The summed E-state index contributed by atoms with van der Waals surface area (Å²) in [6, 6.07) is 8.62. The van der Waals surface area contributed by atoms with E-state index in [1.54, 1.807) is 42.7 Å². The Hall–Kier alpha value is -1.89. The van der Waals surface area contributed by atoms with Crippen LogP contribution in [0.4, 0.5) is 5.69 Å². The van der Waals surface area contributed by atoms with E-state index < -0.39 is 11.8 Å². The van der Waals surface area contributed by atoms with Crippen molar-refractivity contribution in [3.8, 4) is 0 Å². The van der Waals surface area contributed by atoms with Gasteiger partial charge in [0.05, 0.1) is 10.7 Å². The number of amides is 2. The number of hydrogen-bond donors (Lipinski definition) is 2. The van der Waals surface area contributed by atoms with E-state index in [1.807, 2.05) is 16.8 Å². The molecule has 1 heterocycles. The predicted octanol–water partition coefficient (Wildman–Crippen LogP) is 2.84. The molecule has 0 spiro atoms. The van der Waals surface area contributed by atoms with Gasteiger partial charge in [-0.15, -0.1) is 0 Å². The molecule has 0 saturated carbocycles. The molecule has 1 aromatic heterocycles. The van der Waals surface area contributed by atoms with Gasteiger partial charge in [-0.1, -0.05) is 23.7 Å². The van der Waals surface area contributed by atoms with Gasteiger partial charge in [0.2, 0.25) is 0 Å². The molecule has 0 radical (unpaired) electrons. The van der Waals surface area contributed by atoms with Crippen LogP contribution in [0.25, 0.3) is 0 Å². The van der Waals surface area contributed by atoms with Crippen LogP contribution in [-0.2, 0) is 14.3 Å². The largest absolute Gasteiger partial charge is 0.375 e. The average Bonchev–Trinajstić information content (AvgIpc) is 3.04. The van der Waals surface area contributed by atoms with Gasteiger partial charge in [-0.25, -0.2) is 0 Å². The fourth-order valence-corrected chi connectivity index (χ4v) is 2.69. The quantitative estimate of drug-likeness (QED) is 0.824. The summed E-state index contributed by atoms with van der Waals surface area (Å²) in [5.41, 5.74) is 1.35. The molecule has 0 aliphatic carbocycles. The van der Waals surface area contributed by atoms with E-state index >= 15 is 0 Å². The summed E-state index contributed by atoms with van der Waals surface area (Å²) in [6.45, 7) is 0.210. The maximum Gasteiger partial charge on any atom is 0.313 e. The zero-order valence-electron chi connectivity index (χ0n) is 11.8. The monoisotopic (exact) mass is 338 g/mol. The second kappa shape index (κ2) is 7.93. The van der Waals surface area contributed by atoms with Crippen molar-refractivity contribution in [3.05, 3.63) is 51.7 Å². The molecule has 22 heavy (non-hydrogen) atoms. The molecule has 0 aliphatic rings. The topological polar surface area (TPSA) is 67.4 Å². The summed E-state index contributed by atoms with van der Waals surface area (Å²) in [6.07, 6.45) is -0.289. The predicted molar refractivity (Wildman–Crippen MR) is 87.2 cm³/mol. The molecule has 1 atom stereocenters. The van der Waals surface area contributed by atoms with Crippen LogP contribution in [0.2, 0.25) is 5.02 Å². The lowest BCUT2D eigenvalue weighted by Gasteiger charge is -2.15. The Kier molecular flexibility index (Phi) is 5.94. The lowest BCUT2D eigenvalue weighted by atomic mass is 10.2. The first-order valence-electron chi connectivity index (χ1n) is 6.50. The number of hydrogen-bond acceptors (Lipinski definition) is 4. The number of ether oxygens (including phenoxy) is 1. The lowest BCUT2D eigenvalue weighted by molar-refractivity contribution is -0.136. The van der Waals surface area contributed by atoms with Gasteiger partial charge < -0.3 is 15.4 Å². The van der Waals surface area contributed by atoms with Gasteiger partial charge in [0, 0.05) is 13.7 Å². The highest BCUT2D eigenvalue weighted by Crippen LogP contribution is 2.20. The van der Waals surface area contributed by atoms with E-state index in [4.69, 9.17) is 16.3 Å². The standard InChI is InChI=1S/C15H15ClN2O3S/c1-21-13(10-6-7-22-9-10)8-17-14(19)15(20)18-12-5-3-2-4-11(12)16/h2-7,9,13H,8H2,1H3,(H,17,19)(H,18,20)/t13-/m0/s1. The van der Waals surface area contributed by atoms with Gasteiger partial charge >= 0.3 is 11.8 Å². The first-order chi connectivity index (χ1) is 10.6. The van der Waals surface area contributed by atoms with Crippen molar-refractivity contribution in [1.82, 2.24) is 5.32 Å². The summed E-state index contributed by atoms with van der Waals surface area (Å²) in [5, 5.41) is 9.24. The number of carbonyl (C=O) groups is 2. The van der Waals surface area contributed by atoms with Crippen LogP contribution in [-0.4, -0.2) is 25.5 Å². The van der Waals surface area contributed by atoms with Crippen LogP contribution in [0, 0.1) is 0 Å². The Morgan fingerprint density at radius 1 is 1.27 bits per heavy atom. The van der Waals surface area contributed by atoms with Crippen molar-refractivity contribution in [2.75, 3.05) is 19.0 Å². The van der Waals surface area contributed by atoms with Crippen LogP contribution < -0.4 is 10.6 Å². The van der Waals surface area contributed by atoms with E-state index in [-0.39, 0.29) is 12.6 Å². The molecule has 2 N–H and O–H groups in total. The Labute approximate surface area is 137 Å². The smallest absolute Gasteiger partial charge is 0.313 e. The summed E-state index contributed by atoms with van der Waals surface area (Å²) >= 11 is 7.47. The first kappa shape index (κ1) is 16.5. The van der Waals surface area contributed by atoms with Gasteiger partial charge in [-0.2, -0.15) is 11.3 Å². The number of carbonyl (C=O) groups excluding carboxylic acids is 2. The Balaban J connectivity index is 1.89. The molecule has 0 fully saturated rings. The zero-order valence-corrected chi connectivity index (χ0v) is 13.4. The van der Waals surface area contributed by atoms with Crippen LogP contribution in [0.1, 0.15) is 11.7 Å². The van der Waals surface area contributed by atoms with E-state index in [0.29, 0.717) is 10.7 Å². The van der Waals surface area contributed by atoms with Crippen LogP contribution in [0.3, 0.4) is 0 Å². The molecule has 0 aliphatic heterocycles. The van der Waals surface area contributed by atoms with Gasteiger partial charge in [0.25, 0.3) is 0 Å². The van der Waals surface area contributed by atoms with Gasteiger partial charge in [-0.05, 0) is 34.5 Å². The fourth-order valence-electron chi connectivity index (χ4n) is 1.80. The van der Waals surface area contributed by atoms with Crippen molar-refractivity contribution < 1.29 is 14.3 Å². The molecule has 5 nitrogen and oxygen atoms in total. The average molecular weight is 339 g/mol. The van der Waals surface area contributed by atoms with Crippen molar-refractivity contribution in [2.24, 2.45) is 0 Å². The molecule has 2 aromatic rings. The van der Waals surface area contributed by atoms with E-state index in [1.165, 1.54) is 0 Å². The number of para-hydroxylation sites is 1. The third-order valence-electron chi connectivity index (χ3n) is 2.98. The second-order valence-corrected chi connectivity index (χ2v) is 5.61. The molecule has 0 saturated heterocycles. The van der Waals surface area contributed by atoms with Crippen molar-refractivity contribution in [1.29, 1.82) is 0 Å². The van der Waals surface area contributed by atoms with E-state index in [2.05, 4.69) is 10.6 Å². The first-order valence-corrected chi connectivity index (χ1v) is 7.82. The molecule has 7 heteroatoms. The van der Waals surface area contributed by atoms with E-state index in [0.717, 1.165) is 5.56 Å². The third kappa shape index (κ3) is 4.30. The number of rotatable bonds is 5. The highest BCUT2D eigenvalue weighted by molar-refractivity contribution is 7.07. The molecule has 2 amide bonds. The zero-order chi connectivity index (χ0) is 15.9. The molecule has 0 bridgehead atoms. The Morgan fingerprint density at radius 3 is 2.68 bits per heavy atom. The van der Waals surface area contributed by atoms with Crippen LogP contribution >= 0.6 is 22.9 Å². The molecular formula is C15H15ClN2O3S. The van der Waals surface area contributed by atoms with Crippen LogP contribution in [0.5, 0.6) is 0 Å². The van der Waals surface area contributed by atoms with Gasteiger partial charge in [0.15, 0.2) is 0 Å². The molecule has 1 aromatic carbocycles. The highest BCUT2D eigenvalue weighted by Gasteiger charge is 2.18. The minimum atomic E-state index is -0.770. The van der Waals surface area contributed by atoms with Gasteiger partial charge in [-0.3, -0.25) is 9.59 Å². The third-order valence-corrected chi connectivity index (χ3v) is 4.01. The second-order valence-electron chi connectivity index (χ2n) is 4.43. The highest BCUT2D eigenvalue weighted by atomic mass is 35.5. The number of halogens is 1. The molecular weight excluding hydrogens is 324 g/mol. The SMILES string of the molecule is CO[C@@H](CNC(=O)C(=O)Nc1ccccc1Cl)c1ccsc1. The van der Waals surface area contributed by atoms with Crippen molar-refractivity contribution >= 4 is 40.4 Å². The fraction of sp³-hybridized carbons (Fsp3) is 0.200. The van der Waals surface area contributed by atoms with Crippen LogP contribution in [0.15, 0.2) is 41.1 Å². The molecule has 116 valence electrons. The lowest BCUT2D eigenvalue weighted by Crippen LogP contribution is -2.37. The minimum Gasteiger partial charge on any atom is -0.375 e. The minimum absolute atomic E-state index is 0.210. The number of benzene rings is 1. The van der Waals surface area contributed by atoms with Crippen molar-refractivity contribution in [3.63, 3.8) is 0 Å². The number of anilines is 1. The Morgan fingerprint density at radius 2 is 2.05 bits per heavy atom. The van der Waals surface area contributed by atoms with Gasteiger partial charge in [0.1, 0.15) is 6.10 Å². The summed E-state index contributed by atoms with van der Waals surface area (Å²) in [5.74, 6) is -1.51.